The molecule has 0 heterocycles. The highest BCUT2D eigenvalue weighted by atomic mass is 19.3. The molecule has 0 aromatic heterocycles. The number of benzene rings is 1. The lowest BCUT2D eigenvalue weighted by atomic mass is 10.1. The summed E-state index contributed by atoms with van der Waals surface area (Å²) in [6, 6.07) is 4.76. The van der Waals surface area contributed by atoms with E-state index in [0.29, 0.717) is 17.9 Å². The zero-order chi connectivity index (χ0) is 14.3. The maximum Gasteiger partial charge on any atom is 0.328 e. The maximum absolute atomic E-state index is 12.2. The average molecular weight is 272 g/mol. The number of alkyl halides is 2. The van der Waals surface area contributed by atoms with Gasteiger partial charge in [0.1, 0.15) is 6.61 Å². The van der Waals surface area contributed by atoms with Crippen LogP contribution < -0.4 is 9.47 Å². The number of halogens is 2. The largest absolute Gasteiger partial charge is 0.490 e. The molecule has 0 spiro atoms. The van der Waals surface area contributed by atoms with E-state index < -0.39 is 19.0 Å². The Labute approximate surface area is 109 Å². The summed E-state index contributed by atoms with van der Waals surface area (Å²) in [6.07, 6.45) is -0.447. The van der Waals surface area contributed by atoms with E-state index in [4.69, 9.17) is 14.6 Å². The number of ether oxygens (including phenoxy) is 2. The van der Waals surface area contributed by atoms with E-state index in [1.54, 1.807) is 25.1 Å². The van der Waals surface area contributed by atoms with Gasteiger partial charge in [0.05, 0.1) is 6.61 Å². The van der Waals surface area contributed by atoms with Gasteiger partial charge in [-0.2, -0.15) is 0 Å². The Balaban J connectivity index is 3.05. The normalized spacial score (nSPS) is 10.9. The van der Waals surface area contributed by atoms with Crippen LogP contribution in [0, 0.1) is 0 Å². The van der Waals surface area contributed by atoms with Crippen molar-refractivity contribution in [2.24, 2.45) is 0 Å². The summed E-state index contributed by atoms with van der Waals surface area (Å²) in [5.41, 5.74) is 0.369. The number of carboxylic acid groups (broad SMARTS) is 1. The molecule has 4 nitrogen and oxygen atoms in total. The van der Waals surface area contributed by atoms with E-state index in [-0.39, 0.29) is 5.75 Å². The fraction of sp³-hybridized carbons (Fsp3) is 0.308. The molecule has 0 radical (unpaired) electrons. The number of hydrogen-bond acceptors (Lipinski definition) is 3. The van der Waals surface area contributed by atoms with Crippen molar-refractivity contribution in [2.45, 2.75) is 13.3 Å². The van der Waals surface area contributed by atoms with Gasteiger partial charge in [0, 0.05) is 11.6 Å². The molecule has 1 rings (SSSR count). The lowest BCUT2D eigenvalue weighted by Gasteiger charge is -2.14. The van der Waals surface area contributed by atoms with Crippen LogP contribution in [0.3, 0.4) is 0 Å². The molecule has 1 aromatic carbocycles. The van der Waals surface area contributed by atoms with Gasteiger partial charge >= 0.3 is 5.97 Å². The summed E-state index contributed by atoms with van der Waals surface area (Å²) >= 11 is 0. The molecule has 0 saturated heterocycles. The Morgan fingerprint density at radius 2 is 2.16 bits per heavy atom. The maximum atomic E-state index is 12.2. The van der Waals surface area contributed by atoms with E-state index in [0.717, 1.165) is 6.08 Å². The minimum atomic E-state index is -2.62. The van der Waals surface area contributed by atoms with Gasteiger partial charge < -0.3 is 14.6 Å². The molecule has 6 heteroatoms. The van der Waals surface area contributed by atoms with Crippen LogP contribution in [0.4, 0.5) is 8.78 Å². The van der Waals surface area contributed by atoms with E-state index in [2.05, 4.69) is 0 Å². The van der Waals surface area contributed by atoms with Crippen LogP contribution in [0.25, 0.3) is 6.08 Å². The third-order valence-electron chi connectivity index (χ3n) is 2.07. The van der Waals surface area contributed by atoms with Crippen molar-refractivity contribution in [1.29, 1.82) is 0 Å². The fourth-order valence-electron chi connectivity index (χ4n) is 1.40. The van der Waals surface area contributed by atoms with Gasteiger partial charge in [0.15, 0.2) is 11.5 Å². The second-order valence-electron chi connectivity index (χ2n) is 3.48. The lowest BCUT2D eigenvalue weighted by molar-refractivity contribution is -0.131. The zero-order valence-electron chi connectivity index (χ0n) is 10.3. The number of hydrogen-bond donors (Lipinski definition) is 1. The highest BCUT2D eigenvalue weighted by molar-refractivity contribution is 5.86. The molecule has 0 unspecified atom stereocenters. The number of rotatable bonds is 7. The van der Waals surface area contributed by atoms with Crippen LogP contribution in [0.5, 0.6) is 11.5 Å². The minimum absolute atomic E-state index is 0.113. The molecule has 0 atom stereocenters. The van der Waals surface area contributed by atoms with Gasteiger partial charge in [-0.05, 0) is 19.1 Å². The summed E-state index contributed by atoms with van der Waals surface area (Å²) in [4.78, 5) is 10.5. The van der Waals surface area contributed by atoms with Gasteiger partial charge in [-0.25, -0.2) is 13.6 Å². The highest BCUT2D eigenvalue weighted by Crippen LogP contribution is 2.32. The molecule has 0 bridgehead atoms. The number of carbonyl (C=O) groups is 1. The van der Waals surface area contributed by atoms with Gasteiger partial charge in [-0.1, -0.05) is 12.1 Å². The second kappa shape index (κ2) is 7.35. The van der Waals surface area contributed by atoms with Gasteiger partial charge in [-0.3, -0.25) is 0 Å². The van der Waals surface area contributed by atoms with Crippen molar-refractivity contribution < 1.29 is 28.2 Å². The van der Waals surface area contributed by atoms with Crippen LogP contribution in [0.1, 0.15) is 12.5 Å². The van der Waals surface area contributed by atoms with Crippen molar-refractivity contribution in [3.8, 4) is 11.5 Å². The van der Waals surface area contributed by atoms with Gasteiger partial charge in [0.25, 0.3) is 6.43 Å². The Kier molecular flexibility index (Phi) is 5.78. The highest BCUT2D eigenvalue weighted by Gasteiger charge is 2.12. The first kappa shape index (κ1) is 14.9. The fourth-order valence-corrected chi connectivity index (χ4v) is 1.40. The monoisotopic (exact) mass is 272 g/mol. The summed E-state index contributed by atoms with van der Waals surface area (Å²) < 4.78 is 34.7. The van der Waals surface area contributed by atoms with Crippen molar-refractivity contribution in [2.75, 3.05) is 13.2 Å². The molecule has 0 aliphatic heterocycles. The predicted molar refractivity (Wildman–Crippen MR) is 65.8 cm³/mol. The first-order chi connectivity index (χ1) is 9.04. The molecule has 1 N–H and O–H groups in total. The van der Waals surface area contributed by atoms with Gasteiger partial charge in [0.2, 0.25) is 0 Å². The first-order valence-corrected chi connectivity index (χ1v) is 5.62. The third-order valence-corrected chi connectivity index (χ3v) is 2.07. The second-order valence-corrected chi connectivity index (χ2v) is 3.48. The number of aliphatic carboxylic acids is 1. The Bertz CT molecular complexity index is 458. The van der Waals surface area contributed by atoms with E-state index in [9.17, 15) is 13.6 Å². The average Bonchev–Trinajstić information content (AvgIpc) is 2.35. The minimum Gasteiger partial charge on any atom is -0.490 e. The molecule has 0 aliphatic rings. The molecule has 0 fully saturated rings. The summed E-state index contributed by atoms with van der Waals surface area (Å²) in [6.45, 7) is 1.31. The van der Waals surface area contributed by atoms with Crippen molar-refractivity contribution in [3.05, 3.63) is 29.8 Å². The van der Waals surface area contributed by atoms with Crippen LogP contribution in [0.2, 0.25) is 0 Å². The zero-order valence-corrected chi connectivity index (χ0v) is 10.3. The standard InChI is InChI=1S/C13H14F2O4/c1-2-18-10-5-3-4-9(6-7-12(16)17)13(10)19-8-11(14)15/h3-7,11H,2,8H2,1H3,(H,16,17)/b7-6+. The number of carboxylic acids is 1. The molecule has 19 heavy (non-hydrogen) atoms. The summed E-state index contributed by atoms with van der Waals surface area (Å²) in [7, 11) is 0. The Hall–Kier alpha value is -2.11. The van der Waals surface area contributed by atoms with Gasteiger partial charge in [-0.15, -0.1) is 0 Å². The van der Waals surface area contributed by atoms with Crippen LogP contribution in [-0.2, 0) is 4.79 Å². The topological polar surface area (TPSA) is 55.8 Å². The van der Waals surface area contributed by atoms with E-state index in [1.807, 2.05) is 0 Å². The molecule has 1 aromatic rings. The SMILES string of the molecule is CCOc1cccc(/C=C/C(=O)O)c1OCC(F)F. The molecular formula is C13H14F2O4. The molecule has 0 amide bonds. The summed E-state index contributed by atoms with van der Waals surface area (Å²) in [5, 5.41) is 8.58. The molecule has 0 saturated carbocycles. The first-order valence-electron chi connectivity index (χ1n) is 5.62. The van der Waals surface area contributed by atoms with Crippen molar-refractivity contribution in [1.82, 2.24) is 0 Å². The number of para-hydroxylation sites is 1. The quantitative estimate of drug-likeness (QED) is 0.775. The molecule has 0 aliphatic carbocycles. The third kappa shape index (κ3) is 4.95. The lowest BCUT2D eigenvalue weighted by Crippen LogP contribution is -2.09. The Morgan fingerprint density at radius 1 is 1.42 bits per heavy atom. The van der Waals surface area contributed by atoms with Crippen LogP contribution >= 0.6 is 0 Å². The van der Waals surface area contributed by atoms with E-state index in [1.165, 1.54) is 6.08 Å². The van der Waals surface area contributed by atoms with Crippen LogP contribution in [0.15, 0.2) is 24.3 Å². The molecule has 104 valence electrons. The van der Waals surface area contributed by atoms with E-state index >= 15 is 0 Å². The summed E-state index contributed by atoms with van der Waals surface area (Å²) in [5.74, 6) is -0.723. The van der Waals surface area contributed by atoms with Crippen molar-refractivity contribution >= 4 is 12.0 Å². The molecular weight excluding hydrogens is 258 g/mol. The smallest absolute Gasteiger partial charge is 0.328 e. The van der Waals surface area contributed by atoms with Crippen LogP contribution in [-0.4, -0.2) is 30.7 Å². The van der Waals surface area contributed by atoms with Crippen molar-refractivity contribution in [3.63, 3.8) is 0 Å². The Morgan fingerprint density at radius 3 is 2.74 bits per heavy atom. The predicted octanol–water partition coefficient (Wildman–Crippen LogP) is 2.83.